The first-order valence-electron chi connectivity index (χ1n) is 20.7. The summed E-state index contributed by atoms with van der Waals surface area (Å²) < 4.78 is 45.0. The molecule has 61 heavy (non-hydrogen) atoms. The second-order valence-electron chi connectivity index (χ2n) is 15.0. The summed E-state index contributed by atoms with van der Waals surface area (Å²) in [6, 6.07) is -1.13. The predicted octanol–water partition coefficient (Wildman–Crippen LogP) is -3.51. The number of carbonyl (C=O) groups is 5. The molecule has 4 aliphatic heterocycles. The molecule has 4 fully saturated rings. The first-order valence-corrected chi connectivity index (χ1v) is 22.2. The lowest BCUT2D eigenvalue weighted by atomic mass is 9.93. The van der Waals surface area contributed by atoms with Crippen LogP contribution >= 0.6 is 24.4 Å². The highest BCUT2D eigenvalue weighted by atomic mass is 32.2. The van der Waals surface area contributed by atoms with E-state index in [2.05, 4.69) is 23.3 Å². The normalized spacial score (nSPS) is 28.9. The summed E-state index contributed by atoms with van der Waals surface area (Å²) >= 11 is 4.77. The Morgan fingerprint density at radius 3 is 1.48 bits per heavy atom. The first kappa shape index (κ1) is 51.4. The van der Waals surface area contributed by atoms with E-state index >= 15 is 0 Å². The van der Waals surface area contributed by atoms with Gasteiger partial charge in [0.1, 0.15) is 36.6 Å². The van der Waals surface area contributed by atoms with Crippen LogP contribution in [0.15, 0.2) is 0 Å². The minimum Gasteiger partial charge on any atom is -0.388 e. The van der Waals surface area contributed by atoms with Crippen LogP contribution in [0.4, 0.5) is 0 Å². The highest BCUT2D eigenvalue weighted by Gasteiger charge is 2.52. The Labute approximate surface area is 365 Å². The number of nitrogens with zero attached hydrogens (tertiary/aromatic N) is 2. The third-order valence-corrected chi connectivity index (χ3v) is 12.3. The van der Waals surface area contributed by atoms with Gasteiger partial charge in [0.25, 0.3) is 0 Å². The number of carbonyl (C=O) groups excluding carboxylic acids is 5. The van der Waals surface area contributed by atoms with Crippen LogP contribution in [0.2, 0.25) is 0 Å². The van der Waals surface area contributed by atoms with Crippen molar-refractivity contribution in [1.29, 1.82) is 0 Å². The average molecular weight is 913 g/mol. The van der Waals surface area contributed by atoms with Gasteiger partial charge in [-0.2, -0.15) is 0 Å². The zero-order chi connectivity index (χ0) is 44.3. The van der Waals surface area contributed by atoms with Crippen molar-refractivity contribution in [2.75, 3.05) is 111 Å². The summed E-state index contributed by atoms with van der Waals surface area (Å²) in [4.78, 5) is 63.5. The smallest absolute Gasteiger partial charge is 0.233 e. The van der Waals surface area contributed by atoms with Gasteiger partial charge in [-0.3, -0.25) is 24.0 Å². The van der Waals surface area contributed by atoms with Gasteiger partial charge in [0.15, 0.2) is 5.12 Å². The molecule has 4 heterocycles. The van der Waals surface area contributed by atoms with Crippen LogP contribution in [0.1, 0.15) is 33.1 Å². The van der Waals surface area contributed by atoms with Crippen molar-refractivity contribution in [1.82, 2.24) is 20.4 Å². The van der Waals surface area contributed by atoms with Gasteiger partial charge in [0.2, 0.25) is 23.6 Å². The maximum atomic E-state index is 12.8. The molecule has 0 aromatic carbocycles. The van der Waals surface area contributed by atoms with Gasteiger partial charge >= 0.3 is 0 Å². The second-order valence-corrected chi connectivity index (χ2v) is 16.7. The van der Waals surface area contributed by atoms with Crippen molar-refractivity contribution >= 4 is 53.1 Å². The fourth-order valence-corrected chi connectivity index (χ4v) is 8.76. The molecule has 0 bridgehead atoms. The lowest BCUT2D eigenvalue weighted by molar-refractivity contribution is -0.203. The van der Waals surface area contributed by atoms with E-state index in [0.717, 1.165) is 11.8 Å². The number of rotatable bonds is 28. The highest BCUT2D eigenvalue weighted by molar-refractivity contribution is 8.05. The summed E-state index contributed by atoms with van der Waals surface area (Å²) in [5.41, 5.74) is 0. The molecule has 0 aliphatic carbocycles. The van der Waals surface area contributed by atoms with Crippen LogP contribution in [0, 0.1) is 0 Å². The molecule has 0 aromatic rings. The number of nitrogens with one attached hydrogen (secondary N) is 2. The number of fused-ring (bicyclic) bond motifs is 2. The zero-order valence-corrected chi connectivity index (χ0v) is 36.5. The molecule has 0 radical (unpaired) electrons. The fourth-order valence-electron chi connectivity index (χ4n) is 7.69. The number of thioether (sulfide) groups is 1. The molecule has 4 amide bonds. The molecule has 4 saturated heterocycles. The molecule has 0 spiro atoms. The zero-order valence-electron chi connectivity index (χ0n) is 34.8. The van der Waals surface area contributed by atoms with Gasteiger partial charge < -0.3 is 78.8 Å². The number of ether oxygens (including phenoxy) is 8. The number of hydrogen-bond acceptors (Lipinski definition) is 18. The number of amides is 4. The molecule has 1 unspecified atom stereocenters. The van der Waals surface area contributed by atoms with Gasteiger partial charge in [-0.05, 0) is 12.8 Å². The molecule has 6 N–H and O–H groups in total. The average Bonchev–Trinajstić information content (AvgIpc) is 3.86. The molecule has 4 aliphatic rings. The van der Waals surface area contributed by atoms with Crippen LogP contribution in [0.25, 0.3) is 0 Å². The van der Waals surface area contributed by atoms with Crippen molar-refractivity contribution in [2.24, 2.45) is 0 Å². The molecular weight excluding hydrogens is 849 g/mol. The molecule has 23 heteroatoms. The quantitative estimate of drug-likeness (QED) is 0.0296. The van der Waals surface area contributed by atoms with Crippen molar-refractivity contribution in [3.63, 3.8) is 0 Å². The Morgan fingerprint density at radius 2 is 1.05 bits per heavy atom. The lowest BCUT2D eigenvalue weighted by Crippen LogP contribution is -2.61. The van der Waals surface area contributed by atoms with Crippen LogP contribution in [0.5, 0.6) is 0 Å². The second kappa shape index (κ2) is 27.2. The van der Waals surface area contributed by atoms with Crippen molar-refractivity contribution in [2.45, 2.75) is 99.3 Å². The maximum absolute atomic E-state index is 12.8. The van der Waals surface area contributed by atoms with E-state index in [1.807, 2.05) is 0 Å². The maximum Gasteiger partial charge on any atom is 0.233 e. The Balaban J connectivity index is 0.955. The molecular formula is C38H64N4O17S2. The third-order valence-electron chi connectivity index (χ3n) is 10.7. The Morgan fingerprint density at radius 1 is 0.639 bits per heavy atom. The largest absolute Gasteiger partial charge is 0.388 e. The van der Waals surface area contributed by atoms with Gasteiger partial charge in [-0.1, -0.05) is 0 Å². The summed E-state index contributed by atoms with van der Waals surface area (Å²) in [7, 11) is 0. The van der Waals surface area contributed by atoms with E-state index in [1.165, 1.54) is 23.6 Å². The Hall–Kier alpha value is -2.23. The lowest BCUT2D eigenvalue weighted by Gasteiger charge is -2.42. The summed E-state index contributed by atoms with van der Waals surface area (Å²) in [6.45, 7) is 6.66. The number of hydrogen-bond donors (Lipinski definition) is 7. The van der Waals surface area contributed by atoms with E-state index < -0.39 is 70.9 Å². The molecule has 4 rings (SSSR count). The van der Waals surface area contributed by atoms with Gasteiger partial charge in [-0.15, -0.1) is 24.4 Å². The highest BCUT2D eigenvalue weighted by Crippen LogP contribution is 2.33. The Bertz CT molecular complexity index is 1390. The van der Waals surface area contributed by atoms with E-state index in [1.54, 1.807) is 0 Å². The Kier molecular flexibility index (Phi) is 22.9. The molecule has 11 atom stereocenters. The van der Waals surface area contributed by atoms with Gasteiger partial charge in [0, 0.05) is 46.4 Å². The van der Waals surface area contributed by atoms with Gasteiger partial charge in [-0.25, -0.2) is 0 Å². The van der Waals surface area contributed by atoms with Crippen molar-refractivity contribution in [3.05, 3.63) is 0 Å². The monoisotopic (exact) mass is 912 g/mol. The van der Waals surface area contributed by atoms with Crippen molar-refractivity contribution < 1.29 is 82.3 Å². The topological polar surface area (TPSA) is 271 Å². The van der Waals surface area contributed by atoms with Crippen LogP contribution < -0.4 is 10.6 Å². The summed E-state index contributed by atoms with van der Waals surface area (Å²) in [5.74, 6) is -1.21. The van der Waals surface area contributed by atoms with E-state index in [0.29, 0.717) is 25.9 Å². The first-order chi connectivity index (χ1) is 29.3. The third kappa shape index (κ3) is 16.4. The molecule has 21 nitrogen and oxygen atoms in total. The number of aliphatic hydroxyl groups is 4. The fraction of sp³-hybridized carbons (Fsp3) is 0.868. The standard InChI is InChI=1S/C38H64N4O17S2/c1-23(43)41-7-3-25-32(41)36(49)34(47)27(58-25)20-56-17-15-54-13-11-52-9-5-39-30(45)19-29(61-22-31(46)60)38(51)40-6-10-53-12-14-55-16-18-57-21-28-35(48)37(50)33-26(59-28)4-8-42(33)24(2)44/h25-29,32-37,47-50H,3-22H2,1-2H3,(H,39,45)(H,40,51)(H,46,60)/t25-,26-,27+,28+,29?,32+,33+,34-,35-,36+,37+/m0/s1. The molecule has 0 aromatic heterocycles. The SMILES string of the molecule is CC(=O)N1CC[C@@H]2O[C@H](COCCOCCOCCNC(=O)CC(SCC(=O)S)C(=O)NCCOCCOCCOC[C@H]3O[C@H]4CCN(C(C)=O)[C@H]4[C@@H](O)[C@H]3O)[C@H](O)[C@H](O)[C@@H]21. The van der Waals surface area contributed by atoms with E-state index in [4.69, 9.17) is 37.9 Å². The van der Waals surface area contributed by atoms with Crippen LogP contribution in [-0.4, -0.2) is 236 Å². The number of likely N-dealkylation sites (tertiary alicyclic amines) is 2. The van der Waals surface area contributed by atoms with E-state index in [-0.39, 0.29) is 129 Å². The van der Waals surface area contributed by atoms with E-state index in [9.17, 15) is 44.4 Å². The summed E-state index contributed by atoms with van der Waals surface area (Å²) in [6.07, 6.45) is -5.78. The van der Waals surface area contributed by atoms with Crippen LogP contribution in [-0.2, 0) is 61.9 Å². The number of aliphatic hydroxyl groups excluding tert-OH is 4. The molecule has 0 saturated carbocycles. The van der Waals surface area contributed by atoms with Crippen molar-refractivity contribution in [3.8, 4) is 0 Å². The predicted molar refractivity (Wildman–Crippen MR) is 219 cm³/mol. The number of thiol groups is 1. The molecule has 350 valence electrons. The van der Waals surface area contributed by atoms with Gasteiger partial charge in [0.05, 0.1) is 115 Å². The summed E-state index contributed by atoms with van der Waals surface area (Å²) in [5, 5.41) is 46.3. The minimum absolute atomic E-state index is 0.0565. The minimum atomic E-state index is -1.19. The van der Waals surface area contributed by atoms with Crippen LogP contribution in [0.3, 0.4) is 0 Å².